The molecule has 21 heavy (non-hydrogen) atoms. The zero-order chi connectivity index (χ0) is 16.0. The lowest BCUT2D eigenvalue weighted by molar-refractivity contribution is -0.0109. The molecule has 0 bridgehead atoms. The van der Waals surface area contributed by atoms with Gasteiger partial charge < -0.3 is 10.1 Å². The standard InChI is InChI=1S/C17H27ClFNO/c1-6-9-20-15(16(21-5)17(2,3)4)11-12-7-8-14(19)13(18)10-12/h7-8,10,15-16,20H,6,9,11H2,1-5H3. The number of methoxy groups -OCH3 is 1. The zero-order valence-electron chi connectivity index (χ0n) is 13.7. The van der Waals surface area contributed by atoms with E-state index in [1.165, 1.54) is 6.07 Å². The fraction of sp³-hybridized carbons (Fsp3) is 0.647. The van der Waals surface area contributed by atoms with Gasteiger partial charge in [0.25, 0.3) is 0 Å². The van der Waals surface area contributed by atoms with Crippen LogP contribution in [0.1, 0.15) is 39.7 Å². The van der Waals surface area contributed by atoms with E-state index in [2.05, 4.69) is 33.0 Å². The first-order chi connectivity index (χ1) is 9.79. The third-order valence-electron chi connectivity index (χ3n) is 3.57. The average Bonchev–Trinajstić information content (AvgIpc) is 2.39. The molecule has 0 saturated heterocycles. The van der Waals surface area contributed by atoms with Gasteiger partial charge in [-0.1, -0.05) is 45.4 Å². The Balaban J connectivity index is 2.93. The summed E-state index contributed by atoms with van der Waals surface area (Å²) in [4.78, 5) is 0. The highest BCUT2D eigenvalue weighted by atomic mass is 35.5. The van der Waals surface area contributed by atoms with E-state index in [0.29, 0.717) is 0 Å². The van der Waals surface area contributed by atoms with Gasteiger partial charge in [-0.15, -0.1) is 0 Å². The molecule has 4 heteroatoms. The zero-order valence-corrected chi connectivity index (χ0v) is 14.4. The van der Waals surface area contributed by atoms with Crippen molar-refractivity contribution >= 4 is 11.6 Å². The van der Waals surface area contributed by atoms with Crippen molar-refractivity contribution in [2.24, 2.45) is 5.41 Å². The van der Waals surface area contributed by atoms with Gasteiger partial charge in [0.15, 0.2) is 0 Å². The second-order valence-corrected chi connectivity index (χ2v) is 6.94. The van der Waals surface area contributed by atoms with Gasteiger partial charge in [0.1, 0.15) is 5.82 Å². The lowest BCUT2D eigenvalue weighted by Crippen LogP contribution is -2.49. The van der Waals surface area contributed by atoms with E-state index >= 15 is 0 Å². The number of benzene rings is 1. The summed E-state index contributed by atoms with van der Waals surface area (Å²) in [7, 11) is 1.74. The minimum Gasteiger partial charge on any atom is -0.379 e. The average molecular weight is 316 g/mol. The molecule has 0 saturated carbocycles. The summed E-state index contributed by atoms with van der Waals surface area (Å²) >= 11 is 5.88. The van der Waals surface area contributed by atoms with E-state index < -0.39 is 0 Å². The van der Waals surface area contributed by atoms with Crippen LogP contribution < -0.4 is 5.32 Å². The molecule has 1 rings (SSSR count). The minimum absolute atomic E-state index is 0.0178. The molecule has 2 atom stereocenters. The summed E-state index contributed by atoms with van der Waals surface area (Å²) in [5.74, 6) is -0.377. The molecular formula is C17H27ClFNO. The predicted octanol–water partition coefficient (Wildman–Crippen LogP) is 4.45. The second kappa shape index (κ2) is 8.11. The fourth-order valence-corrected chi connectivity index (χ4v) is 2.86. The van der Waals surface area contributed by atoms with Crippen LogP contribution in [0.5, 0.6) is 0 Å². The van der Waals surface area contributed by atoms with E-state index in [1.807, 2.05) is 0 Å². The van der Waals surface area contributed by atoms with E-state index in [9.17, 15) is 4.39 Å². The van der Waals surface area contributed by atoms with Crippen LogP contribution in [0, 0.1) is 11.2 Å². The first-order valence-corrected chi connectivity index (χ1v) is 7.87. The molecule has 0 spiro atoms. The van der Waals surface area contributed by atoms with Gasteiger partial charge in [0, 0.05) is 13.2 Å². The highest BCUT2D eigenvalue weighted by Crippen LogP contribution is 2.27. The summed E-state index contributed by atoms with van der Waals surface area (Å²) in [5.41, 5.74) is 1.03. The van der Waals surface area contributed by atoms with Gasteiger partial charge in [0.2, 0.25) is 0 Å². The molecule has 0 aliphatic carbocycles. The SMILES string of the molecule is CCCNC(Cc1ccc(F)c(Cl)c1)C(OC)C(C)(C)C. The molecule has 120 valence electrons. The highest BCUT2D eigenvalue weighted by Gasteiger charge is 2.32. The molecule has 0 aliphatic heterocycles. The molecule has 0 fully saturated rings. The number of rotatable bonds is 7. The van der Waals surface area contributed by atoms with Gasteiger partial charge >= 0.3 is 0 Å². The fourth-order valence-electron chi connectivity index (χ4n) is 2.66. The van der Waals surface area contributed by atoms with Crippen LogP contribution in [0.4, 0.5) is 4.39 Å². The Bertz CT molecular complexity index is 445. The van der Waals surface area contributed by atoms with Crippen molar-refractivity contribution in [1.82, 2.24) is 5.32 Å². The molecule has 2 unspecified atom stereocenters. The smallest absolute Gasteiger partial charge is 0.141 e. The maximum absolute atomic E-state index is 13.3. The number of hydrogen-bond acceptors (Lipinski definition) is 2. The first-order valence-electron chi connectivity index (χ1n) is 7.49. The summed E-state index contributed by atoms with van der Waals surface area (Å²) in [6.45, 7) is 9.56. The molecule has 0 aromatic heterocycles. The van der Waals surface area contributed by atoms with E-state index in [1.54, 1.807) is 19.2 Å². The van der Waals surface area contributed by atoms with Gasteiger partial charge in [-0.05, 0) is 42.5 Å². The molecular weight excluding hydrogens is 289 g/mol. The molecule has 2 nitrogen and oxygen atoms in total. The van der Waals surface area contributed by atoms with Crippen molar-refractivity contribution in [2.45, 2.75) is 52.7 Å². The molecule has 1 aromatic rings. The van der Waals surface area contributed by atoms with Gasteiger partial charge in [-0.25, -0.2) is 4.39 Å². The molecule has 0 amide bonds. The Morgan fingerprint density at radius 3 is 2.48 bits per heavy atom. The first kappa shape index (κ1) is 18.4. The summed E-state index contributed by atoms with van der Waals surface area (Å²) in [5, 5.41) is 3.72. The lowest BCUT2D eigenvalue weighted by Gasteiger charge is -2.36. The lowest BCUT2D eigenvalue weighted by atomic mass is 9.82. The third kappa shape index (κ3) is 5.57. The van der Waals surface area contributed by atoms with Crippen LogP contribution in [-0.2, 0) is 11.2 Å². The van der Waals surface area contributed by atoms with Gasteiger partial charge in [0.05, 0.1) is 11.1 Å². The van der Waals surface area contributed by atoms with Crippen molar-refractivity contribution in [3.63, 3.8) is 0 Å². The third-order valence-corrected chi connectivity index (χ3v) is 3.86. The molecule has 0 heterocycles. The molecule has 0 aliphatic rings. The predicted molar refractivity (Wildman–Crippen MR) is 87.4 cm³/mol. The van der Waals surface area contributed by atoms with Crippen LogP contribution in [0.3, 0.4) is 0 Å². The number of ether oxygens (including phenoxy) is 1. The van der Waals surface area contributed by atoms with Crippen molar-refractivity contribution in [3.8, 4) is 0 Å². The Kier molecular flexibility index (Phi) is 7.11. The Morgan fingerprint density at radius 2 is 2.00 bits per heavy atom. The summed E-state index contributed by atoms with van der Waals surface area (Å²) < 4.78 is 19.0. The van der Waals surface area contributed by atoms with Crippen LogP contribution in [0.25, 0.3) is 0 Å². The van der Waals surface area contributed by atoms with Crippen LogP contribution in [0.2, 0.25) is 5.02 Å². The number of hydrogen-bond donors (Lipinski definition) is 1. The quantitative estimate of drug-likeness (QED) is 0.802. The summed E-state index contributed by atoms with van der Waals surface area (Å²) in [6.07, 6.45) is 1.88. The summed E-state index contributed by atoms with van der Waals surface area (Å²) in [6, 6.07) is 5.08. The molecule has 1 aromatic carbocycles. The van der Waals surface area contributed by atoms with E-state index in [0.717, 1.165) is 24.9 Å². The van der Waals surface area contributed by atoms with Crippen LogP contribution in [0.15, 0.2) is 18.2 Å². The minimum atomic E-state index is -0.377. The van der Waals surface area contributed by atoms with Crippen molar-refractivity contribution < 1.29 is 9.13 Å². The van der Waals surface area contributed by atoms with Crippen LogP contribution in [-0.4, -0.2) is 25.8 Å². The van der Waals surface area contributed by atoms with Crippen molar-refractivity contribution in [3.05, 3.63) is 34.6 Å². The number of halogens is 2. The number of nitrogens with one attached hydrogen (secondary N) is 1. The Hall–Kier alpha value is -0.640. The molecule has 0 radical (unpaired) electrons. The maximum atomic E-state index is 13.3. The van der Waals surface area contributed by atoms with E-state index in [4.69, 9.17) is 16.3 Å². The second-order valence-electron chi connectivity index (χ2n) is 6.54. The van der Waals surface area contributed by atoms with Gasteiger partial charge in [-0.2, -0.15) is 0 Å². The Labute approximate surface area is 133 Å². The Morgan fingerprint density at radius 1 is 1.33 bits per heavy atom. The maximum Gasteiger partial charge on any atom is 0.141 e. The highest BCUT2D eigenvalue weighted by molar-refractivity contribution is 6.30. The van der Waals surface area contributed by atoms with E-state index in [-0.39, 0.29) is 28.4 Å². The largest absolute Gasteiger partial charge is 0.379 e. The van der Waals surface area contributed by atoms with Gasteiger partial charge in [-0.3, -0.25) is 0 Å². The van der Waals surface area contributed by atoms with Crippen LogP contribution >= 0.6 is 11.6 Å². The van der Waals surface area contributed by atoms with Crippen molar-refractivity contribution in [1.29, 1.82) is 0 Å². The molecule has 1 N–H and O–H groups in total. The monoisotopic (exact) mass is 315 g/mol. The van der Waals surface area contributed by atoms with Crippen molar-refractivity contribution in [2.75, 3.05) is 13.7 Å². The normalized spacial score (nSPS) is 15.0. The topological polar surface area (TPSA) is 21.3 Å².